The molecule has 4 rings (SSSR count). The van der Waals surface area contributed by atoms with E-state index in [4.69, 9.17) is 5.73 Å². The molecule has 3 aromatic rings. The SMILES string of the molecule is NCc1ccc(-n2c3c(c4ccccc42)C=CC=CC3)cc1. The van der Waals surface area contributed by atoms with Crippen LogP contribution in [0.3, 0.4) is 0 Å². The molecule has 2 heteroatoms. The normalized spacial score (nSPS) is 13.3. The average molecular weight is 286 g/mol. The quantitative estimate of drug-likeness (QED) is 0.751. The minimum atomic E-state index is 0.580. The summed E-state index contributed by atoms with van der Waals surface area (Å²) in [4.78, 5) is 0. The zero-order valence-electron chi connectivity index (χ0n) is 12.4. The number of aromatic nitrogens is 1. The summed E-state index contributed by atoms with van der Waals surface area (Å²) in [5.74, 6) is 0. The first-order valence-electron chi connectivity index (χ1n) is 7.63. The van der Waals surface area contributed by atoms with Gasteiger partial charge in [-0.3, -0.25) is 0 Å². The average Bonchev–Trinajstić information content (AvgIpc) is 2.72. The Morgan fingerprint density at radius 1 is 0.955 bits per heavy atom. The molecule has 0 unspecified atom stereocenters. The van der Waals surface area contributed by atoms with Crippen molar-refractivity contribution >= 4 is 17.0 Å². The van der Waals surface area contributed by atoms with Crippen molar-refractivity contribution in [2.24, 2.45) is 5.73 Å². The largest absolute Gasteiger partial charge is 0.326 e. The van der Waals surface area contributed by atoms with Gasteiger partial charge in [0.05, 0.1) is 5.52 Å². The standard InChI is InChI=1S/C20H18N2/c21-14-15-10-12-16(13-11-15)22-19-8-3-1-2-6-17(19)18-7-4-5-9-20(18)22/h1-7,9-13H,8,14,21H2. The molecule has 0 aliphatic heterocycles. The minimum absolute atomic E-state index is 0.580. The van der Waals surface area contributed by atoms with Crippen molar-refractivity contribution in [3.63, 3.8) is 0 Å². The monoisotopic (exact) mass is 286 g/mol. The molecule has 0 saturated heterocycles. The van der Waals surface area contributed by atoms with Gasteiger partial charge in [-0.05, 0) is 23.8 Å². The van der Waals surface area contributed by atoms with Crippen LogP contribution in [-0.2, 0) is 13.0 Å². The Bertz CT molecular complexity index is 880. The zero-order valence-corrected chi connectivity index (χ0v) is 12.4. The number of hydrogen-bond acceptors (Lipinski definition) is 1. The van der Waals surface area contributed by atoms with Crippen LogP contribution in [0.5, 0.6) is 0 Å². The predicted octanol–water partition coefficient (Wildman–Crippen LogP) is 4.21. The molecule has 2 N–H and O–H groups in total. The second-order valence-electron chi connectivity index (χ2n) is 5.57. The Labute approximate surface area is 130 Å². The Hall–Kier alpha value is -2.58. The Balaban J connectivity index is 2.02. The molecule has 0 radical (unpaired) electrons. The van der Waals surface area contributed by atoms with Gasteiger partial charge in [-0.25, -0.2) is 0 Å². The van der Waals surface area contributed by atoms with Gasteiger partial charge in [0.25, 0.3) is 0 Å². The van der Waals surface area contributed by atoms with Crippen LogP contribution in [0.2, 0.25) is 0 Å². The van der Waals surface area contributed by atoms with Crippen LogP contribution in [0.4, 0.5) is 0 Å². The molecule has 108 valence electrons. The molecule has 1 heterocycles. The van der Waals surface area contributed by atoms with Gasteiger partial charge in [-0.15, -0.1) is 0 Å². The molecule has 2 nitrogen and oxygen atoms in total. The van der Waals surface area contributed by atoms with Gasteiger partial charge in [0, 0.05) is 35.3 Å². The van der Waals surface area contributed by atoms with Gasteiger partial charge in [0.15, 0.2) is 0 Å². The van der Waals surface area contributed by atoms with Crippen LogP contribution in [-0.4, -0.2) is 4.57 Å². The van der Waals surface area contributed by atoms with Crippen molar-refractivity contribution < 1.29 is 0 Å². The highest BCUT2D eigenvalue weighted by Gasteiger charge is 2.16. The Kier molecular flexibility index (Phi) is 3.17. The van der Waals surface area contributed by atoms with Crippen molar-refractivity contribution in [1.29, 1.82) is 0 Å². The van der Waals surface area contributed by atoms with Gasteiger partial charge >= 0.3 is 0 Å². The molecule has 2 aromatic carbocycles. The van der Waals surface area contributed by atoms with Gasteiger partial charge in [-0.1, -0.05) is 54.6 Å². The van der Waals surface area contributed by atoms with Crippen molar-refractivity contribution in [2.75, 3.05) is 0 Å². The number of fused-ring (bicyclic) bond motifs is 3. The molecule has 0 amide bonds. The summed E-state index contributed by atoms with van der Waals surface area (Å²) in [5, 5.41) is 1.31. The van der Waals surface area contributed by atoms with Crippen molar-refractivity contribution in [2.45, 2.75) is 13.0 Å². The molecule has 0 atom stereocenters. The molecule has 1 aliphatic rings. The topological polar surface area (TPSA) is 30.9 Å². The molecule has 0 bridgehead atoms. The van der Waals surface area contributed by atoms with E-state index >= 15 is 0 Å². The summed E-state index contributed by atoms with van der Waals surface area (Å²) in [5.41, 5.74) is 12.0. The van der Waals surface area contributed by atoms with Gasteiger partial charge in [0.1, 0.15) is 0 Å². The molecule has 22 heavy (non-hydrogen) atoms. The van der Waals surface area contributed by atoms with Gasteiger partial charge in [-0.2, -0.15) is 0 Å². The number of nitrogens with two attached hydrogens (primary N) is 1. The molecule has 0 spiro atoms. The third-order valence-corrected chi connectivity index (χ3v) is 4.27. The fourth-order valence-electron chi connectivity index (χ4n) is 3.19. The van der Waals surface area contributed by atoms with Crippen LogP contribution in [0.1, 0.15) is 16.8 Å². The van der Waals surface area contributed by atoms with Gasteiger partial charge < -0.3 is 10.3 Å². The maximum atomic E-state index is 5.72. The van der Waals surface area contributed by atoms with Crippen LogP contribution >= 0.6 is 0 Å². The minimum Gasteiger partial charge on any atom is -0.326 e. The smallest absolute Gasteiger partial charge is 0.0537 e. The summed E-state index contributed by atoms with van der Waals surface area (Å²) in [7, 11) is 0. The third kappa shape index (κ3) is 2.00. The zero-order chi connectivity index (χ0) is 14.9. The van der Waals surface area contributed by atoms with Crippen LogP contribution in [0.15, 0.2) is 66.8 Å². The summed E-state index contributed by atoms with van der Waals surface area (Å²) >= 11 is 0. The van der Waals surface area contributed by atoms with E-state index < -0.39 is 0 Å². The van der Waals surface area contributed by atoms with E-state index in [1.165, 1.54) is 27.8 Å². The highest BCUT2D eigenvalue weighted by molar-refractivity contribution is 5.93. The Morgan fingerprint density at radius 2 is 1.77 bits per heavy atom. The van der Waals surface area contributed by atoms with Crippen molar-refractivity contribution in [3.05, 3.63) is 83.6 Å². The summed E-state index contributed by atoms with van der Waals surface area (Å²) in [6.45, 7) is 0.580. The lowest BCUT2D eigenvalue weighted by molar-refractivity contribution is 0.995. The highest BCUT2D eigenvalue weighted by Crippen LogP contribution is 2.32. The maximum absolute atomic E-state index is 5.72. The fraction of sp³-hybridized carbons (Fsp3) is 0.100. The second-order valence-corrected chi connectivity index (χ2v) is 5.57. The predicted molar refractivity (Wildman–Crippen MR) is 93.0 cm³/mol. The van der Waals surface area contributed by atoms with E-state index in [-0.39, 0.29) is 0 Å². The van der Waals surface area contributed by atoms with Crippen molar-refractivity contribution in [1.82, 2.24) is 4.57 Å². The van der Waals surface area contributed by atoms with Gasteiger partial charge in [0.2, 0.25) is 0 Å². The number of para-hydroxylation sites is 1. The summed E-state index contributed by atoms with van der Waals surface area (Å²) < 4.78 is 2.37. The first kappa shape index (κ1) is 13.1. The van der Waals surface area contributed by atoms with E-state index in [9.17, 15) is 0 Å². The molecule has 0 saturated carbocycles. The lowest BCUT2D eigenvalue weighted by Crippen LogP contribution is -2.01. The molecular formula is C20H18N2. The molecule has 1 aliphatic carbocycles. The molecular weight excluding hydrogens is 268 g/mol. The molecule has 0 fully saturated rings. The van der Waals surface area contributed by atoms with Crippen LogP contribution in [0, 0.1) is 0 Å². The number of nitrogens with zero attached hydrogens (tertiary/aromatic N) is 1. The fourth-order valence-corrected chi connectivity index (χ4v) is 3.19. The number of rotatable bonds is 2. The molecule has 1 aromatic heterocycles. The lowest BCUT2D eigenvalue weighted by atomic mass is 10.1. The van der Waals surface area contributed by atoms with Crippen LogP contribution < -0.4 is 5.73 Å². The lowest BCUT2D eigenvalue weighted by Gasteiger charge is -2.11. The number of allylic oxidation sites excluding steroid dienone is 3. The van der Waals surface area contributed by atoms with Crippen LogP contribution in [0.25, 0.3) is 22.7 Å². The van der Waals surface area contributed by atoms with E-state index in [0.717, 1.165) is 12.0 Å². The Morgan fingerprint density at radius 3 is 2.59 bits per heavy atom. The van der Waals surface area contributed by atoms with E-state index in [1.54, 1.807) is 0 Å². The summed E-state index contributed by atoms with van der Waals surface area (Å²) in [6, 6.07) is 17.1. The number of hydrogen-bond donors (Lipinski definition) is 1. The third-order valence-electron chi connectivity index (χ3n) is 4.27. The van der Waals surface area contributed by atoms with Crippen molar-refractivity contribution in [3.8, 4) is 5.69 Å². The first-order chi connectivity index (χ1) is 10.9. The number of benzene rings is 2. The first-order valence-corrected chi connectivity index (χ1v) is 7.63. The second kappa shape index (κ2) is 5.32. The summed E-state index contributed by atoms with van der Waals surface area (Å²) in [6.07, 6.45) is 9.62. The van der Waals surface area contributed by atoms with E-state index in [1.807, 2.05) is 0 Å². The maximum Gasteiger partial charge on any atom is 0.0537 e. The van der Waals surface area contributed by atoms with E-state index in [2.05, 4.69) is 77.4 Å². The highest BCUT2D eigenvalue weighted by atomic mass is 15.0. The van der Waals surface area contributed by atoms with E-state index in [0.29, 0.717) is 6.54 Å².